The number of rotatable bonds is 67. The van der Waals surface area contributed by atoms with Gasteiger partial charge in [0.2, 0.25) is 0 Å². The molecule has 86 heavy (non-hydrogen) atoms. The fourth-order valence-corrected chi connectivity index (χ4v) is 11.7. The molecule has 0 fully saturated rings. The molecule has 0 radical (unpaired) electrons. The van der Waals surface area contributed by atoms with E-state index in [0.717, 1.165) is 109 Å². The van der Waals surface area contributed by atoms with Crippen LogP contribution in [-0.2, 0) is 65.4 Å². The van der Waals surface area contributed by atoms with Crippen LogP contribution in [-0.4, -0.2) is 96.7 Å². The standard InChI is InChI=1S/C67H130O17P2/c1-6-9-12-15-18-21-22-23-24-25-26-27-28-29-32-38-43-48-53-67(72)84-63(57-78-65(70)51-46-41-37-33-30-31-34-39-44-49-60(4)5)59-82-86(75,76)80-55-61(68)54-79-85(73,74)81-58-62(83-66(71)52-47-42-36-20-17-14-11-8-3)56-77-64(69)50-45-40-35-19-16-13-10-7-2/h60-63,68H,6-59H2,1-5H3,(H,73,74)(H,75,76)/t61-,62+,63+/m0/s1. The number of aliphatic hydroxyl groups excluding tert-OH is 1. The summed E-state index contributed by atoms with van der Waals surface area (Å²) in [4.78, 5) is 72.2. The summed E-state index contributed by atoms with van der Waals surface area (Å²) < 4.78 is 68.0. The Morgan fingerprint density at radius 3 is 0.791 bits per heavy atom. The maximum absolute atomic E-state index is 13.0. The van der Waals surface area contributed by atoms with Gasteiger partial charge in [-0.2, -0.15) is 0 Å². The molecule has 0 heterocycles. The number of phosphoric acid groups is 2. The Balaban J connectivity index is 5.17. The van der Waals surface area contributed by atoms with Crippen LogP contribution in [0.4, 0.5) is 0 Å². The van der Waals surface area contributed by atoms with Gasteiger partial charge in [-0.05, 0) is 31.6 Å². The minimum atomic E-state index is -4.95. The highest BCUT2D eigenvalue weighted by atomic mass is 31.2. The molecule has 5 atom stereocenters. The van der Waals surface area contributed by atoms with Crippen molar-refractivity contribution in [1.29, 1.82) is 0 Å². The second kappa shape index (κ2) is 60.6. The van der Waals surface area contributed by atoms with Crippen molar-refractivity contribution in [3.8, 4) is 0 Å². The second-order valence-electron chi connectivity index (χ2n) is 24.7. The molecule has 19 heteroatoms. The number of hydrogen-bond acceptors (Lipinski definition) is 15. The molecule has 0 saturated heterocycles. The SMILES string of the molecule is CCCCCCCCCCCCCCCCCCCCC(=O)O[C@H](COC(=O)CCCCCCCCCCCC(C)C)COP(=O)(O)OC[C@@H](O)COP(=O)(O)OC[C@@H](COC(=O)CCCCCCCCCC)OC(=O)CCCCCCCCCC. The van der Waals surface area contributed by atoms with Crippen LogP contribution >= 0.6 is 15.6 Å². The number of phosphoric ester groups is 2. The molecule has 0 aliphatic heterocycles. The highest BCUT2D eigenvalue weighted by molar-refractivity contribution is 7.47. The number of carbonyl (C=O) groups excluding carboxylic acids is 4. The third-order valence-corrected chi connectivity index (χ3v) is 17.4. The largest absolute Gasteiger partial charge is 0.472 e. The van der Waals surface area contributed by atoms with Gasteiger partial charge in [-0.3, -0.25) is 37.3 Å². The van der Waals surface area contributed by atoms with Crippen LogP contribution in [0.1, 0.15) is 343 Å². The van der Waals surface area contributed by atoms with Gasteiger partial charge in [-0.1, -0.05) is 291 Å². The summed E-state index contributed by atoms with van der Waals surface area (Å²) >= 11 is 0. The fourth-order valence-electron chi connectivity index (χ4n) is 10.1. The van der Waals surface area contributed by atoms with Crippen LogP contribution in [0.3, 0.4) is 0 Å². The van der Waals surface area contributed by atoms with Gasteiger partial charge < -0.3 is 33.8 Å². The zero-order chi connectivity index (χ0) is 63.5. The Kier molecular flexibility index (Phi) is 59.2. The van der Waals surface area contributed by atoms with Crippen molar-refractivity contribution in [3.63, 3.8) is 0 Å². The molecular weight excluding hydrogens is 1140 g/mol. The quantitative estimate of drug-likeness (QED) is 0.0222. The first-order chi connectivity index (χ1) is 41.5. The van der Waals surface area contributed by atoms with Gasteiger partial charge in [0.25, 0.3) is 0 Å². The number of ether oxygens (including phenoxy) is 4. The highest BCUT2D eigenvalue weighted by Gasteiger charge is 2.30. The van der Waals surface area contributed by atoms with E-state index in [1.807, 2.05) is 0 Å². The smallest absolute Gasteiger partial charge is 0.462 e. The van der Waals surface area contributed by atoms with Crippen LogP contribution in [0.15, 0.2) is 0 Å². The summed E-state index contributed by atoms with van der Waals surface area (Å²) in [6.45, 7) is 7.15. The van der Waals surface area contributed by atoms with Crippen LogP contribution in [0.5, 0.6) is 0 Å². The van der Waals surface area contributed by atoms with Gasteiger partial charge in [0.1, 0.15) is 19.3 Å². The monoisotopic (exact) mass is 1270 g/mol. The normalized spacial score (nSPS) is 14.2. The lowest BCUT2D eigenvalue weighted by Crippen LogP contribution is -2.30. The molecule has 17 nitrogen and oxygen atoms in total. The predicted octanol–water partition coefficient (Wildman–Crippen LogP) is 19.0. The Morgan fingerprint density at radius 1 is 0.314 bits per heavy atom. The maximum atomic E-state index is 13.0. The lowest BCUT2D eigenvalue weighted by atomic mass is 10.0. The summed E-state index contributed by atoms with van der Waals surface area (Å²) in [5.41, 5.74) is 0. The van der Waals surface area contributed by atoms with Crippen LogP contribution in [0.25, 0.3) is 0 Å². The molecule has 0 aliphatic rings. The lowest BCUT2D eigenvalue weighted by molar-refractivity contribution is -0.161. The molecule has 510 valence electrons. The summed E-state index contributed by atoms with van der Waals surface area (Å²) in [5.74, 6) is -1.39. The molecule has 0 amide bonds. The molecule has 0 aliphatic carbocycles. The van der Waals surface area contributed by atoms with Gasteiger partial charge in [0, 0.05) is 25.7 Å². The van der Waals surface area contributed by atoms with Crippen LogP contribution < -0.4 is 0 Å². The maximum Gasteiger partial charge on any atom is 0.472 e. The van der Waals surface area contributed by atoms with Crippen LogP contribution in [0, 0.1) is 5.92 Å². The van der Waals surface area contributed by atoms with Gasteiger partial charge >= 0.3 is 39.5 Å². The number of hydrogen-bond donors (Lipinski definition) is 3. The number of aliphatic hydroxyl groups is 1. The summed E-state index contributed by atoms with van der Waals surface area (Å²) in [7, 11) is -9.88. The van der Waals surface area contributed by atoms with Gasteiger partial charge in [-0.25, -0.2) is 9.13 Å². The van der Waals surface area contributed by atoms with Gasteiger partial charge in [-0.15, -0.1) is 0 Å². The molecule has 0 bridgehead atoms. The van der Waals surface area contributed by atoms with Crippen molar-refractivity contribution in [2.75, 3.05) is 39.6 Å². The third-order valence-electron chi connectivity index (χ3n) is 15.5. The zero-order valence-corrected chi connectivity index (χ0v) is 57.2. The van der Waals surface area contributed by atoms with E-state index >= 15 is 0 Å². The van der Waals surface area contributed by atoms with Gasteiger partial charge in [0.05, 0.1) is 26.4 Å². The van der Waals surface area contributed by atoms with Crippen molar-refractivity contribution in [3.05, 3.63) is 0 Å². The molecule has 0 aromatic heterocycles. The molecule has 0 aromatic rings. The number of carbonyl (C=O) groups is 4. The molecule has 2 unspecified atom stereocenters. The fraction of sp³-hybridized carbons (Fsp3) is 0.940. The van der Waals surface area contributed by atoms with E-state index in [1.165, 1.54) is 154 Å². The van der Waals surface area contributed by atoms with Crippen molar-refractivity contribution < 1.29 is 80.2 Å². The highest BCUT2D eigenvalue weighted by Crippen LogP contribution is 2.45. The average molecular weight is 1270 g/mol. The van der Waals surface area contributed by atoms with E-state index in [9.17, 15) is 43.2 Å². The third kappa shape index (κ3) is 60.9. The second-order valence-corrected chi connectivity index (χ2v) is 27.6. The van der Waals surface area contributed by atoms with Crippen molar-refractivity contribution in [2.45, 2.75) is 361 Å². The number of esters is 4. The first-order valence-electron chi connectivity index (χ1n) is 35.1. The van der Waals surface area contributed by atoms with E-state index in [2.05, 4.69) is 34.6 Å². The Labute approximate surface area is 524 Å². The molecule has 0 spiro atoms. The lowest BCUT2D eigenvalue weighted by Gasteiger charge is -2.21. The molecular formula is C67H130O17P2. The predicted molar refractivity (Wildman–Crippen MR) is 345 cm³/mol. The summed E-state index contributed by atoms with van der Waals surface area (Å²) in [6, 6.07) is 0. The van der Waals surface area contributed by atoms with E-state index in [0.29, 0.717) is 25.7 Å². The summed E-state index contributed by atoms with van der Waals surface area (Å²) in [6.07, 6.45) is 46.0. The first kappa shape index (κ1) is 84.1. The topological polar surface area (TPSA) is 237 Å². The first-order valence-corrected chi connectivity index (χ1v) is 38.1. The molecule has 0 saturated carbocycles. The molecule has 3 N–H and O–H groups in total. The van der Waals surface area contributed by atoms with Crippen molar-refractivity contribution in [2.24, 2.45) is 5.92 Å². The average Bonchev–Trinajstić information content (AvgIpc) is 3.66. The molecule has 0 rings (SSSR count). The summed E-state index contributed by atoms with van der Waals surface area (Å²) in [5, 5.41) is 10.5. The van der Waals surface area contributed by atoms with Crippen molar-refractivity contribution in [1.82, 2.24) is 0 Å². The van der Waals surface area contributed by atoms with E-state index in [1.54, 1.807) is 0 Å². The zero-order valence-electron chi connectivity index (χ0n) is 55.4. The van der Waals surface area contributed by atoms with Crippen molar-refractivity contribution >= 4 is 39.5 Å². The van der Waals surface area contributed by atoms with Gasteiger partial charge in [0.15, 0.2) is 12.2 Å². The Hall–Kier alpha value is -1.94. The minimum Gasteiger partial charge on any atom is -0.462 e. The number of unbranched alkanes of at least 4 members (excludes halogenated alkanes) is 39. The Morgan fingerprint density at radius 2 is 0.535 bits per heavy atom. The van der Waals surface area contributed by atoms with E-state index in [-0.39, 0.29) is 25.7 Å². The Bertz CT molecular complexity index is 1670. The van der Waals surface area contributed by atoms with E-state index < -0.39 is 97.5 Å². The molecule has 0 aromatic carbocycles. The minimum absolute atomic E-state index is 0.105. The van der Waals surface area contributed by atoms with Crippen LogP contribution in [0.2, 0.25) is 0 Å². The van der Waals surface area contributed by atoms with E-state index in [4.69, 9.17) is 37.0 Å².